The number of fused-ring (bicyclic) bond motifs is 1. The van der Waals surface area contributed by atoms with Crippen molar-refractivity contribution in [2.45, 2.75) is 25.8 Å². The maximum atomic E-state index is 12.7. The second kappa shape index (κ2) is 7.28. The fraction of sp³-hybridized carbons (Fsp3) is 0.316. The number of amides is 1. The number of hydrogen-bond donors (Lipinski definition) is 3. The number of rotatable bonds is 3. The van der Waals surface area contributed by atoms with E-state index >= 15 is 0 Å². The largest absolute Gasteiger partial charge is 0.368 e. The number of nitrogens with one attached hydrogen (secondary N) is 2. The predicted octanol–water partition coefficient (Wildman–Crippen LogP) is 3.21. The fourth-order valence-electron chi connectivity index (χ4n) is 3.55. The number of aromatic amines is 1. The lowest BCUT2D eigenvalue weighted by Crippen LogP contribution is -2.43. The highest BCUT2D eigenvalue weighted by Crippen LogP contribution is 2.38. The molecule has 1 saturated heterocycles. The first-order valence-electron chi connectivity index (χ1n) is 8.92. The van der Waals surface area contributed by atoms with E-state index < -0.39 is 0 Å². The van der Waals surface area contributed by atoms with Crippen LogP contribution in [0.15, 0.2) is 35.3 Å². The van der Waals surface area contributed by atoms with Crippen LogP contribution in [0.3, 0.4) is 0 Å². The number of hydrogen-bond acceptors (Lipinski definition) is 5. The second-order valence-electron chi connectivity index (χ2n) is 6.93. The molecule has 1 aliphatic heterocycles. The van der Waals surface area contributed by atoms with E-state index in [0.29, 0.717) is 11.3 Å². The molecule has 7 nitrogen and oxygen atoms in total. The van der Waals surface area contributed by atoms with Gasteiger partial charge in [0.25, 0.3) is 5.91 Å². The molecular formula is C19H21BrN6O. The van der Waals surface area contributed by atoms with Gasteiger partial charge in [0, 0.05) is 43.9 Å². The third-order valence-corrected chi connectivity index (χ3v) is 5.37. The summed E-state index contributed by atoms with van der Waals surface area (Å²) in [6.07, 6.45) is 8.91. The van der Waals surface area contributed by atoms with Crippen molar-refractivity contribution < 1.29 is 4.79 Å². The summed E-state index contributed by atoms with van der Waals surface area (Å²) >= 11 is 3.63. The van der Waals surface area contributed by atoms with E-state index in [0.717, 1.165) is 52.7 Å². The minimum Gasteiger partial charge on any atom is -0.368 e. The van der Waals surface area contributed by atoms with E-state index in [1.165, 1.54) is 0 Å². The van der Waals surface area contributed by atoms with Crippen LogP contribution in [0, 0.1) is 6.92 Å². The van der Waals surface area contributed by atoms with Gasteiger partial charge in [0.05, 0.1) is 26.8 Å². The van der Waals surface area contributed by atoms with Crippen molar-refractivity contribution in [1.29, 1.82) is 0 Å². The van der Waals surface area contributed by atoms with Gasteiger partial charge in [0.2, 0.25) is 0 Å². The number of pyridine rings is 2. The highest BCUT2D eigenvalue weighted by Gasteiger charge is 2.24. The Morgan fingerprint density at radius 1 is 1.41 bits per heavy atom. The van der Waals surface area contributed by atoms with Gasteiger partial charge in [0.15, 0.2) is 0 Å². The van der Waals surface area contributed by atoms with Crippen molar-refractivity contribution >= 4 is 44.2 Å². The molecule has 4 rings (SSSR count). The number of nitrogens with zero attached hydrogens (tertiary/aromatic N) is 3. The Labute approximate surface area is 165 Å². The molecule has 4 N–H and O–H groups in total. The van der Waals surface area contributed by atoms with Gasteiger partial charge < -0.3 is 20.9 Å². The molecule has 3 aromatic rings. The van der Waals surface area contributed by atoms with Crippen molar-refractivity contribution in [1.82, 2.24) is 15.0 Å². The molecule has 0 unspecified atom stereocenters. The maximum absolute atomic E-state index is 12.7. The molecule has 1 aliphatic rings. The molecule has 0 radical (unpaired) electrons. The van der Waals surface area contributed by atoms with Gasteiger partial charge in [-0.2, -0.15) is 0 Å². The summed E-state index contributed by atoms with van der Waals surface area (Å²) in [7, 11) is 0. The minimum atomic E-state index is -0.201. The molecule has 0 aromatic carbocycles. The SMILES string of the molecule is Cc1cncc(C(=O)Nc2c[nH]c3ncc(Br)c(N4CCC[C@@H](N)C4)c23)c1. The maximum Gasteiger partial charge on any atom is 0.257 e. The second-order valence-corrected chi connectivity index (χ2v) is 7.79. The lowest BCUT2D eigenvalue weighted by atomic mass is 10.1. The van der Waals surface area contributed by atoms with E-state index in [2.05, 4.69) is 41.1 Å². The minimum absolute atomic E-state index is 0.143. The van der Waals surface area contributed by atoms with Gasteiger partial charge >= 0.3 is 0 Å². The number of nitrogens with two attached hydrogens (primary N) is 1. The van der Waals surface area contributed by atoms with Gasteiger partial charge in [-0.25, -0.2) is 4.98 Å². The van der Waals surface area contributed by atoms with Crippen LogP contribution in [0.1, 0.15) is 28.8 Å². The van der Waals surface area contributed by atoms with E-state index in [-0.39, 0.29) is 11.9 Å². The van der Waals surface area contributed by atoms with Crippen molar-refractivity contribution in [2.75, 3.05) is 23.3 Å². The molecule has 3 aromatic heterocycles. The van der Waals surface area contributed by atoms with E-state index in [9.17, 15) is 4.79 Å². The zero-order valence-corrected chi connectivity index (χ0v) is 16.6. The Hall–Kier alpha value is -2.45. The molecule has 0 spiro atoms. The number of carbonyl (C=O) groups excluding carboxylic acids is 1. The van der Waals surface area contributed by atoms with E-state index in [4.69, 9.17) is 5.73 Å². The van der Waals surface area contributed by atoms with Crippen LogP contribution in [-0.4, -0.2) is 40.0 Å². The average Bonchev–Trinajstić information content (AvgIpc) is 3.04. The monoisotopic (exact) mass is 428 g/mol. The molecular weight excluding hydrogens is 408 g/mol. The smallest absolute Gasteiger partial charge is 0.257 e. The van der Waals surface area contributed by atoms with Crippen molar-refractivity contribution in [2.24, 2.45) is 5.73 Å². The van der Waals surface area contributed by atoms with Crippen LogP contribution in [0.2, 0.25) is 0 Å². The van der Waals surface area contributed by atoms with Crippen LogP contribution < -0.4 is 16.0 Å². The van der Waals surface area contributed by atoms with Crippen molar-refractivity contribution in [3.05, 3.63) is 46.5 Å². The normalized spacial score (nSPS) is 17.3. The third kappa shape index (κ3) is 3.54. The summed E-state index contributed by atoms with van der Waals surface area (Å²) in [5.74, 6) is -0.201. The third-order valence-electron chi connectivity index (χ3n) is 4.79. The summed E-state index contributed by atoms with van der Waals surface area (Å²) in [5.41, 5.74) is 10.1. The van der Waals surface area contributed by atoms with Gasteiger partial charge in [0.1, 0.15) is 5.65 Å². The standard InChI is InChI=1S/C19H21BrN6O/c1-11-5-12(7-22-6-11)19(27)25-15-9-24-18-16(15)17(14(20)8-23-18)26-4-2-3-13(21)10-26/h5-9,13H,2-4,10,21H2,1H3,(H,23,24)(H,25,27)/t13-/m1/s1. The molecule has 0 aliphatic carbocycles. The lowest BCUT2D eigenvalue weighted by Gasteiger charge is -2.33. The summed E-state index contributed by atoms with van der Waals surface area (Å²) < 4.78 is 0.886. The van der Waals surface area contributed by atoms with Crippen molar-refractivity contribution in [3.8, 4) is 0 Å². The molecule has 1 fully saturated rings. The fourth-order valence-corrected chi connectivity index (χ4v) is 4.10. The van der Waals surface area contributed by atoms with Gasteiger partial charge in [-0.15, -0.1) is 0 Å². The average molecular weight is 429 g/mol. The molecule has 0 bridgehead atoms. The Balaban J connectivity index is 1.73. The van der Waals surface area contributed by atoms with E-state index in [1.807, 2.05) is 13.0 Å². The van der Waals surface area contributed by atoms with Crippen LogP contribution in [0.5, 0.6) is 0 Å². The summed E-state index contributed by atoms with van der Waals surface area (Å²) in [5, 5.41) is 3.88. The molecule has 1 atom stereocenters. The zero-order chi connectivity index (χ0) is 19.0. The quantitative estimate of drug-likeness (QED) is 0.594. The lowest BCUT2D eigenvalue weighted by molar-refractivity contribution is 0.102. The Bertz CT molecular complexity index is 1000. The molecule has 0 saturated carbocycles. The highest BCUT2D eigenvalue weighted by atomic mass is 79.9. The first kappa shape index (κ1) is 17.9. The van der Waals surface area contributed by atoms with Gasteiger partial charge in [-0.1, -0.05) is 0 Å². The first-order valence-corrected chi connectivity index (χ1v) is 9.71. The predicted molar refractivity (Wildman–Crippen MR) is 110 cm³/mol. The number of aromatic nitrogens is 3. The summed E-state index contributed by atoms with van der Waals surface area (Å²) in [4.78, 5) is 26.7. The van der Waals surface area contributed by atoms with Gasteiger partial charge in [-0.05, 0) is 47.3 Å². The zero-order valence-electron chi connectivity index (χ0n) is 15.0. The molecule has 4 heterocycles. The van der Waals surface area contributed by atoms with E-state index in [1.54, 1.807) is 24.8 Å². The number of carbonyl (C=O) groups is 1. The van der Waals surface area contributed by atoms with Crippen LogP contribution >= 0.6 is 15.9 Å². The molecule has 1 amide bonds. The summed E-state index contributed by atoms with van der Waals surface area (Å²) in [6, 6.07) is 1.96. The van der Waals surface area contributed by atoms with Crippen LogP contribution in [-0.2, 0) is 0 Å². The summed E-state index contributed by atoms with van der Waals surface area (Å²) in [6.45, 7) is 3.61. The molecule has 140 valence electrons. The highest BCUT2D eigenvalue weighted by molar-refractivity contribution is 9.10. The number of halogens is 1. The van der Waals surface area contributed by atoms with Crippen LogP contribution in [0.25, 0.3) is 11.0 Å². The Morgan fingerprint density at radius 3 is 3.04 bits per heavy atom. The molecule has 27 heavy (non-hydrogen) atoms. The number of piperidine rings is 1. The number of H-pyrrole nitrogens is 1. The van der Waals surface area contributed by atoms with Crippen molar-refractivity contribution in [3.63, 3.8) is 0 Å². The molecule has 8 heteroatoms. The topological polar surface area (TPSA) is 99.9 Å². The van der Waals surface area contributed by atoms with Gasteiger partial charge in [-0.3, -0.25) is 9.78 Å². The van der Waals surface area contributed by atoms with Crippen LogP contribution in [0.4, 0.5) is 11.4 Å². The number of anilines is 2. The Kier molecular flexibility index (Phi) is 4.84. The number of aryl methyl sites for hydroxylation is 1. The Morgan fingerprint density at radius 2 is 2.26 bits per heavy atom. The first-order chi connectivity index (χ1) is 13.0.